The molecule has 0 aromatic rings. The Bertz CT molecular complexity index is 647. The third-order valence-electron chi connectivity index (χ3n) is 6.91. The fraction of sp³-hybridized carbons (Fsp3) is 0.870. The molecule has 2 heterocycles. The topological polar surface area (TPSA) is 107 Å². The second kappa shape index (κ2) is 12.4. The Morgan fingerprint density at radius 2 is 1.84 bits per heavy atom. The minimum atomic E-state index is -0.873. The molecule has 3 rings (SSSR count). The van der Waals surface area contributed by atoms with Gasteiger partial charge in [0.15, 0.2) is 0 Å². The number of amides is 2. The van der Waals surface area contributed by atoms with Gasteiger partial charge in [-0.05, 0) is 38.1 Å². The number of likely N-dealkylation sites (tertiary alicyclic amines) is 1. The van der Waals surface area contributed by atoms with Crippen LogP contribution in [-0.4, -0.2) is 79.5 Å². The minimum Gasteiger partial charge on any atom is -0.379 e. The van der Waals surface area contributed by atoms with Crippen molar-refractivity contribution in [1.82, 2.24) is 20.6 Å². The number of nitrogens with zero attached hydrogens (tertiary/aromatic N) is 3. The number of hydrogen-bond acceptors (Lipinski definition) is 7. The van der Waals surface area contributed by atoms with E-state index in [1.165, 1.54) is 6.42 Å². The lowest BCUT2D eigenvalue weighted by atomic mass is 9.84. The molecule has 3 fully saturated rings. The van der Waals surface area contributed by atoms with Crippen molar-refractivity contribution in [2.24, 2.45) is 5.92 Å². The van der Waals surface area contributed by atoms with Crippen molar-refractivity contribution < 1.29 is 19.2 Å². The average molecular weight is 450 g/mol. The van der Waals surface area contributed by atoms with Crippen LogP contribution in [0.25, 0.3) is 0 Å². The lowest BCUT2D eigenvalue weighted by molar-refractivity contribution is -0.147. The maximum absolute atomic E-state index is 13.3. The molecule has 2 aliphatic heterocycles. The molecule has 1 atom stereocenters. The molecule has 9 nitrogen and oxygen atoms in total. The number of morpholine rings is 1. The van der Waals surface area contributed by atoms with Crippen LogP contribution in [0, 0.1) is 17.2 Å². The number of carbonyl (C=O) groups is 2. The number of hydroxylamine groups is 2. The number of rotatable bonds is 8. The second-order valence-corrected chi connectivity index (χ2v) is 9.38. The van der Waals surface area contributed by atoms with Gasteiger partial charge in [-0.15, -0.1) is 5.06 Å². The first-order chi connectivity index (χ1) is 15.5. The summed E-state index contributed by atoms with van der Waals surface area (Å²) >= 11 is 0. The molecule has 1 aliphatic carbocycles. The van der Waals surface area contributed by atoms with E-state index < -0.39 is 17.7 Å². The minimum absolute atomic E-state index is 0.278. The molecule has 3 aliphatic rings. The Morgan fingerprint density at radius 1 is 1.16 bits per heavy atom. The van der Waals surface area contributed by atoms with Crippen LogP contribution < -0.4 is 10.6 Å². The van der Waals surface area contributed by atoms with Gasteiger partial charge in [-0.1, -0.05) is 39.0 Å². The van der Waals surface area contributed by atoms with Crippen molar-refractivity contribution >= 4 is 12.0 Å². The molecule has 180 valence electrons. The average Bonchev–Trinajstić information content (AvgIpc) is 2.81. The Balaban J connectivity index is 1.61. The normalized spacial score (nSPS) is 23.6. The van der Waals surface area contributed by atoms with Crippen molar-refractivity contribution in [3.8, 4) is 6.07 Å². The quantitative estimate of drug-likeness (QED) is 0.585. The number of hydrogen-bond donors (Lipinski definition) is 2. The van der Waals surface area contributed by atoms with E-state index >= 15 is 0 Å². The van der Waals surface area contributed by atoms with Crippen LogP contribution in [-0.2, 0) is 14.4 Å². The van der Waals surface area contributed by atoms with Crippen LogP contribution in [0.1, 0.15) is 64.7 Å². The molecule has 1 saturated carbocycles. The van der Waals surface area contributed by atoms with Crippen LogP contribution in [0.3, 0.4) is 0 Å². The summed E-state index contributed by atoms with van der Waals surface area (Å²) in [5, 5.41) is 17.3. The highest BCUT2D eigenvalue weighted by atomic mass is 16.7. The second-order valence-electron chi connectivity index (χ2n) is 9.38. The third kappa shape index (κ3) is 7.32. The van der Waals surface area contributed by atoms with E-state index in [0.29, 0.717) is 51.5 Å². The van der Waals surface area contributed by atoms with Crippen molar-refractivity contribution in [1.29, 1.82) is 5.26 Å². The highest BCUT2D eigenvalue weighted by Crippen LogP contribution is 2.28. The summed E-state index contributed by atoms with van der Waals surface area (Å²) < 4.78 is 5.28. The molecular formula is C23H39N5O4. The molecule has 9 heteroatoms. The third-order valence-corrected chi connectivity index (χ3v) is 6.91. The predicted molar refractivity (Wildman–Crippen MR) is 119 cm³/mol. The van der Waals surface area contributed by atoms with E-state index in [-0.39, 0.29) is 5.91 Å². The Hall–Kier alpha value is -1.89. The first-order valence-corrected chi connectivity index (χ1v) is 12.3. The maximum atomic E-state index is 13.3. The van der Waals surface area contributed by atoms with Gasteiger partial charge in [-0.2, -0.15) is 5.26 Å². The van der Waals surface area contributed by atoms with Gasteiger partial charge in [0.05, 0.1) is 32.4 Å². The van der Waals surface area contributed by atoms with Gasteiger partial charge in [0.2, 0.25) is 5.91 Å². The summed E-state index contributed by atoms with van der Waals surface area (Å²) in [6, 6.07) is 1.66. The molecule has 0 aromatic carbocycles. The van der Waals surface area contributed by atoms with Gasteiger partial charge in [-0.3, -0.25) is 4.79 Å². The van der Waals surface area contributed by atoms with Crippen LogP contribution >= 0.6 is 0 Å². The van der Waals surface area contributed by atoms with Crippen LogP contribution in [0.4, 0.5) is 4.79 Å². The van der Waals surface area contributed by atoms with E-state index in [1.807, 2.05) is 0 Å². The van der Waals surface area contributed by atoms with Crippen LogP contribution in [0.2, 0.25) is 0 Å². The Labute approximate surface area is 191 Å². The van der Waals surface area contributed by atoms with E-state index in [1.54, 1.807) is 5.06 Å². The zero-order valence-corrected chi connectivity index (χ0v) is 19.4. The molecule has 0 bridgehead atoms. The number of nitrogens with one attached hydrogen (secondary N) is 2. The van der Waals surface area contributed by atoms with Gasteiger partial charge in [-0.25, -0.2) is 4.79 Å². The molecule has 0 radical (unpaired) electrons. The van der Waals surface area contributed by atoms with Crippen LogP contribution in [0.15, 0.2) is 0 Å². The van der Waals surface area contributed by atoms with Gasteiger partial charge in [0, 0.05) is 13.1 Å². The van der Waals surface area contributed by atoms with Crippen LogP contribution in [0.5, 0.6) is 0 Å². The van der Waals surface area contributed by atoms with Gasteiger partial charge >= 0.3 is 6.09 Å². The Morgan fingerprint density at radius 3 is 2.47 bits per heavy atom. The summed E-state index contributed by atoms with van der Waals surface area (Å²) in [6.45, 7) is 6.79. The van der Waals surface area contributed by atoms with E-state index in [9.17, 15) is 14.9 Å². The largest absolute Gasteiger partial charge is 0.426 e. The fourth-order valence-corrected chi connectivity index (χ4v) is 4.97. The monoisotopic (exact) mass is 449 g/mol. The summed E-state index contributed by atoms with van der Waals surface area (Å²) in [4.78, 5) is 33.6. The highest BCUT2D eigenvalue weighted by molar-refractivity contribution is 5.86. The van der Waals surface area contributed by atoms with Gasteiger partial charge in [0.25, 0.3) is 0 Å². The molecular weight excluding hydrogens is 410 g/mol. The first kappa shape index (κ1) is 24.7. The summed E-state index contributed by atoms with van der Waals surface area (Å²) in [6.07, 6.45) is 7.92. The van der Waals surface area contributed by atoms with Crippen molar-refractivity contribution in [2.45, 2.75) is 76.3 Å². The summed E-state index contributed by atoms with van der Waals surface area (Å²) in [5.74, 6) is 0.118. The zero-order valence-electron chi connectivity index (χ0n) is 19.4. The summed E-state index contributed by atoms with van der Waals surface area (Å²) in [7, 11) is 0. The summed E-state index contributed by atoms with van der Waals surface area (Å²) in [5.41, 5.74) is -0.873. The molecule has 0 spiro atoms. The first-order valence-electron chi connectivity index (χ1n) is 12.3. The predicted octanol–water partition coefficient (Wildman–Crippen LogP) is 2.18. The zero-order chi connectivity index (χ0) is 22.8. The molecule has 0 aromatic heterocycles. The highest BCUT2D eigenvalue weighted by Gasteiger charge is 2.38. The lowest BCUT2D eigenvalue weighted by Gasteiger charge is -2.38. The van der Waals surface area contributed by atoms with Gasteiger partial charge < -0.3 is 25.1 Å². The molecule has 2 N–H and O–H groups in total. The standard InChI is InChI=1S/C23H39N5O4/c1-2-10-27-11-8-23(18-24,9-12-27)26-21(29)20(17-19-6-4-3-5-7-19)25-22(30)32-28-13-15-31-16-14-28/h19-20H,2-17H2,1H3,(H,25,30)(H,26,29). The van der Waals surface area contributed by atoms with E-state index in [0.717, 1.165) is 51.7 Å². The van der Waals surface area contributed by atoms with Gasteiger partial charge in [0.1, 0.15) is 11.6 Å². The molecule has 2 saturated heterocycles. The number of nitriles is 1. The van der Waals surface area contributed by atoms with Crippen molar-refractivity contribution in [3.05, 3.63) is 0 Å². The smallest absolute Gasteiger partial charge is 0.379 e. The molecule has 32 heavy (non-hydrogen) atoms. The Kier molecular flexibility index (Phi) is 9.57. The van der Waals surface area contributed by atoms with E-state index in [4.69, 9.17) is 9.57 Å². The number of ether oxygens (including phenoxy) is 1. The number of piperidine rings is 1. The SMILES string of the molecule is CCCN1CCC(C#N)(NC(=O)C(CC2CCCCC2)NC(=O)ON2CCOCC2)CC1. The fourth-order valence-electron chi connectivity index (χ4n) is 4.97. The maximum Gasteiger partial charge on any atom is 0.426 e. The van der Waals surface area contributed by atoms with E-state index in [2.05, 4.69) is 28.5 Å². The number of carbonyl (C=O) groups excluding carboxylic acids is 2. The molecule has 2 amide bonds. The van der Waals surface area contributed by atoms with Crippen molar-refractivity contribution in [2.75, 3.05) is 45.9 Å². The molecule has 1 unspecified atom stereocenters. The lowest BCUT2D eigenvalue weighted by Crippen LogP contribution is -2.59. The van der Waals surface area contributed by atoms with Crippen molar-refractivity contribution in [3.63, 3.8) is 0 Å².